The summed E-state index contributed by atoms with van der Waals surface area (Å²) in [7, 11) is 1.55. The van der Waals surface area contributed by atoms with Crippen molar-refractivity contribution in [3.8, 4) is 11.6 Å². The molecule has 4 heteroatoms. The number of hydrogen-bond acceptors (Lipinski definition) is 3. The Morgan fingerprint density at radius 1 is 1.21 bits per heavy atom. The van der Waals surface area contributed by atoms with Gasteiger partial charge in [0.05, 0.1) is 7.11 Å². The van der Waals surface area contributed by atoms with Crippen molar-refractivity contribution in [1.82, 2.24) is 4.98 Å². The van der Waals surface area contributed by atoms with Crippen LogP contribution in [-0.4, -0.2) is 44.5 Å². The van der Waals surface area contributed by atoms with Crippen LogP contribution in [0.4, 0.5) is 0 Å². The SMILES string of the molecule is COc1ccc2cccc(O)c2n1.[PbH2]. The fourth-order valence-corrected chi connectivity index (χ4v) is 1.23. The van der Waals surface area contributed by atoms with Crippen molar-refractivity contribution in [2.45, 2.75) is 0 Å². The van der Waals surface area contributed by atoms with Gasteiger partial charge in [-0.05, 0) is 12.1 Å². The average Bonchev–Trinajstić information content (AvgIpc) is 2.18. The first-order valence-corrected chi connectivity index (χ1v) is 3.94. The van der Waals surface area contributed by atoms with E-state index in [1.54, 1.807) is 25.3 Å². The Balaban J connectivity index is 0.000000980. The summed E-state index contributed by atoms with van der Waals surface area (Å²) in [6, 6.07) is 8.91. The van der Waals surface area contributed by atoms with E-state index in [1.807, 2.05) is 12.1 Å². The number of phenolic OH excluding ortho intramolecular Hbond substituents is 1. The summed E-state index contributed by atoms with van der Waals surface area (Å²) in [4.78, 5) is 4.12. The van der Waals surface area contributed by atoms with Crippen LogP contribution in [0, 0.1) is 0 Å². The summed E-state index contributed by atoms with van der Waals surface area (Å²) >= 11 is 0. The molecule has 3 nitrogen and oxygen atoms in total. The number of methoxy groups -OCH3 is 1. The van der Waals surface area contributed by atoms with Crippen LogP contribution in [0.15, 0.2) is 30.3 Å². The third kappa shape index (κ3) is 1.97. The summed E-state index contributed by atoms with van der Waals surface area (Å²) in [5.74, 6) is 0.686. The van der Waals surface area contributed by atoms with E-state index in [0.29, 0.717) is 11.4 Å². The van der Waals surface area contributed by atoms with Crippen molar-refractivity contribution < 1.29 is 9.84 Å². The number of benzene rings is 1. The Morgan fingerprint density at radius 2 is 2.00 bits per heavy atom. The maximum absolute atomic E-state index is 9.47. The van der Waals surface area contributed by atoms with Crippen molar-refractivity contribution in [1.29, 1.82) is 0 Å². The van der Waals surface area contributed by atoms with Crippen molar-refractivity contribution in [3.63, 3.8) is 0 Å². The number of aromatic hydroxyl groups is 1. The van der Waals surface area contributed by atoms with Gasteiger partial charge in [0, 0.05) is 11.5 Å². The van der Waals surface area contributed by atoms with Gasteiger partial charge in [0.25, 0.3) is 0 Å². The monoisotopic (exact) mass is 385 g/mol. The molecule has 0 saturated heterocycles. The Hall–Kier alpha value is -0.848. The molecule has 0 atom stereocenters. The second kappa shape index (κ2) is 4.59. The van der Waals surface area contributed by atoms with E-state index in [0.717, 1.165) is 5.39 Å². The number of nitrogens with zero attached hydrogens (tertiary/aromatic N) is 1. The molecule has 1 heterocycles. The first kappa shape index (κ1) is 11.2. The molecule has 2 aromatic rings. The number of pyridine rings is 1. The predicted molar refractivity (Wildman–Crippen MR) is 58.5 cm³/mol. The summed E-state index contributed by atoms with van der Waals surface area (Å²) < 4.78 is 4.96. The van der Waals surface area contributed by atoms with E-state index >= 15 is 0 Å². The average molecular weight is 384 g/mol. The van der Waals surface area contributed by atoms with Crippen LogP contribution in [-0.2, 0) is 0 Å². The van der Waals surface area contributed by atoms with Crippen molar-refractivity contribution >= 4 is 38.2 Å². The van der Waals surface area contributed by atoms with Gasteiger partial charge < -0.3 is 9.84 Å². The Morgan fingerprint density at radius 3 is 2.71 bits per heavy atom. The molecule has 0 fully saturated rings. The molecule has 0 spiro atoms. The molecule has 72 valence electrons. The molecule has 1 N–H and O–H groups in total. The van der Waals surface area contributed by atoms with Crippen LogP contribution in [0.3, 0.4) is 0 Å². The van der Waals surface area contributed by atoms with Gasteiger partial charge in [0.15, 0.2) is 0 Å². The molecule has 2 radical (unpaired) electrons. The van der Waals surface area contributed by atoms with Crippen molar-refractivity contribution in [3.05, 3.63) is 30.3 Å². The van der Waals surface area contributed by atoms with Gasteiger partial charge in [-0.15, -0.1) is 0 Å². The second-order valence-electron chi connectivity index (χ2n) is 2.70. The van der Waals surface area contributed by atoms with Gasteiger partial charge in [-0.1, -0.05) is 12.1 Å². The number of rotatable bonds is 1. The van der Waals surface area contributed by atoms with E-state index in [4.69, 9.17) is 4.74 Å². The van der Waals surface area contributed by atoms with Gasteiger partial charge in [-0.3, -0.25) is 0 Å². The molecule has 0 aliphatic heterocycles. The summed E-state index contributed by atoms with van der Waals surface area (Å²) in [6.45, 7) is 0. The van der Waals surface area contributed by atoms with E-state index in [-0.39, 0.29) is 33.0 Å². The molecule has 2 rings (SSSR count). The number of para-hydroxylation sites is 1. The third-order valence-corrected chi connectivity index (χ3v) is 1.88. The van der Waals surface area contributed by atoms with Crippen LogP contribution >= 0.6 is 0 Å². The van der Waals surface area contributed by atoms with E-state index in [1.165, 1.54) is 0 Å². The molecule has 1 aromatic carbocycles. The van der Waals surface area contributed by atoms with Gasteiger partial charge in [-0.25, -0.2) is 4.98 Å². The molecule has 0 aliphatic carbocycles. The van der Waals surface area contributed by atoms with Crippen LogP contribution in [0.5, 0.6) is 11.6 Å². The molecular formula is C10H11NO2Pb. The predicted octanol–water partition coefficient (Wildman–Crippen LogP) is 1.03. The Labute approximate surface area is 102 Å². The fourth-order valence-electron chi connectivity index (χ4n) is 1.23. The number of aromatic nitrogens is 1. The first-order valence-electron chi connectivity index (χ1n) is 3.94. The van der Waals surface area contributed by atoms with Gasteiger partial charge in [0.2, 0.25) is 5.88 Å². The van der Waals surface area contributed by atoms with Gasteiger partial charge in [-0.2, -0.15) is 0 Å². The maximum atomic E-state index is 9.47. The number of hydrogen-bond donors (Lipinski definition) is 1. The Kier molecular flexibility index (Phi) is 3.68. The molecule has 0 aliphatic rings. The fraction of sp³-hybridized carbons (Fsp3) is 0.100. The molecule has 1 aromatic heterocycles. The summed E-state index contributed by atoms with van der Waals surface area (Å²) in [5, 5.41) is 10.4. The quantitative estimate of drug-likeness (QED) is 0.747. The Bertz CT molecular complexity index is 445. The zero-order valence-corrected chi connectivity index (χ0v) is 13.4. The van der Waals surface area contributed by atoms with Crippen LogP contribution in [0.25, 0.3) is 10.9 Å². The van der Waals surface area contributed by atoms with Crippen LogP contribution < -0.4 is 4.74 Å². The zero-order chi connectivity index (χ0) is 9.26. The molecule has 14 heavy (non-hydrogen) atoms. The van der Waals surface area contributed by atoms with Crippen LogP contribution in [0.2, 0.25) is 0 Å². The topological polar surface area (TPSA) is 42.4 Å². The van der Waals surface area contributed by atoms with Crippen LogP contribution in [0.1, 0.15) is 0 Å². The van der Waals surface area contributed by atoms with E-state index < -0.39 is 0 Å². The minimum absolute atomic E-state index is 0. The number of fused-ring (bicyclic) bond motifs is 1. The minimum atomic E-state index is 0. The van der Waals surface area contributed by atoms with Crippen molar-refractivity contribution in [2.75, 3.05) is 7.11 Å². The molecule has 0 unspecified atom stereocenters. The molecular weight excluding hydrogens is 373 g/mol. The van der Waals surface area contributed by atoms with E-state index in [2.05, 4.69) is 4.98 Å². The first-order chi connectivity index (χ1) is 6.31. The van der Waals surface area contributed by atoms with Gasteiger partial charge >= 0.3 is 27.3 Å². The normalized spacial score (nSPS) is 9.50. The zero-order valence-electron chi connectivity index (χ0n) is 7.90. The summed E-state index contributed by atoms with van der Waals surface area (Å²) in [5.41, 5.74) is 0.571. The number of phenols is 1. The van der Waals surface area contributed by atoms with Gasteiger partial charge in [0.1, 0.15) is 11.3 Å². The van der Waals surface area contributed by atoms with Crippen molar-refractivity contribution in [2.24, 2.45) is 0 Å². The third-order valence-electron chi connectivity index (χ3n) is 1.88. The molecule has 0 saturated carbocycles. The summed E-state index contributed by atoms with van der Waals surface area (Å²) in [6.07, 6.45) is 0. The molecule has 0 bridgehead atoms. The van der Waals surface area contributed by atoms with E-state index in [9.17, 15) is 5.11 Å². The standard InChI is InChI=1S/C10H9NO2.Pb.2H/c1-13-9-6-5-7-3-2-4-8(12)10(7)11-9;;;/h2-6,12H,1H3;;;. The number of ether oxygens (including phenoxy) is 1. The molecule has 0 amide bonds. The second-order valence-corrected chi connectivity index (χ2v) is 2.70.